The van der Waals surface area contributed by atoms with Gasteiger partial charge in [0.2, 0.25) is 0 Å². The van der Waals surface area contributed by atoms with Crippen molar-refractivity contribution < 1.29 is 27.8 Å². The largest absolute Gasteiger partial charge is 0.486 e. The quantitative estimate of drug-likeness (QED) is 0.537. The molecule has 0 radical (unpaired) electrons. The van der Waals surface area contributed by atoms with Gasteiger partial charge in [-0.05, 0) is 35.9 Å². The lowest BCUT2D eigenvalue weighted by molar-refractivity contribution is -0.113. The Balaban J connectivity index is 1.56. The van der Waals surface area contributed by atoms with E-state index in [9.17, 15) is 13.6 Å². The first kappa shape index (κ1) is 18.7. The number of thiocarbonyl (C=S) groups is 1. The van der Waals surface area contributed by atoms with Crippen molar-refractivity contribution in [1.82, 2.24) is 0 Å². The molecule has 1 fully saturated rings. The zero-order valence-electron chi connectivity index (χ0n) is 14.3. The van der Waals surface area contributed by atoms with Gasteiger partial charge < -0.3 is 14.2 Å². The zero-order chi connectivity index (χ0) is 19.7. The fraction of sp³-hybridized carbons (Fsp3) is 0.158. The van der Waals surface area contributed by atoms with Gasteiger partial charge in [-0.3, -0.25) is 9.69 Å². The predicted molar refractivity (Wildman–Crippen MR) is 106 cm³/mol. The number of fused-ring (bicyclic) bond motifs is 1. The van der Waals surface area contributed by atoms with Gasteiger partial charge in [-0.15, -0.1) is 0 Å². The van der Waals surface area contributed by atoms with E-state index < -0.39 is 6.61 Å². The van der Waals surface area contributed by atoms with Gasteiger partial charge >= 0.3 is 6.61 Å². The minimum atomic E-state index is -2.88. The standard InChI is InChI=1S/C19H13F2NO4S2/c20-18(21)26-13-4-1-11(2-5-13)9-16-17(23)22(19(27)28-16)12-3-6-14-15(10-12)25-8-7-24-14/h1-6,9-10,18H,7-8H2. The Morgan fingerprint density at radius 2 is 1.82 bits per heavy atom. The molecular weight excluding hydrogens is 408 g/mol. The Bertz CT molecular complexity index is 963. The molecule has 0 spiro atoms. The Morgan fingerprint density at radius 3 is 2.54 bits per heavy atom. The lowest BCUT2D eigenvalue weighted by Crippen LogP contribution is -2.27. The van der Waals surface area contributed by atoms with Gasteiger partial charge in [0.25, 0.3) is 5.91 Å². The van der Waals surface area contributed by atoms with Gasteiger partial charge in [0.15, 0.2) is 15.8 Å². The van der Waals surface area contributed by atoms with Crippen molar-refractivity contribution in [3.8, 4) is 17.2 Å². The van der Waals surface area contributed by atoms with Gasteiger partial charge in [-0.25, -0.2) is 0 Å². The molecule has 2 aromatic carbocycles. The second-order valence-electron chi connectivity index (χ2n) is 5.79. The summed E-state index contributed by atoms with van der Waals surface area (Å²) in [5.41, 5.74) is 1.26. The van der Waals surface area contributed by atoms with Gasteiger partial charge in [0.05, 0.1) is 10.6 Å². The average molecular weight is 421 g/mol. The summed E-state index contributed by atoms with van der Waals surface area (Å²) in [6.45, 7) is -1.95. The number of carbonyl (C=O) groups is 1. The summed E-state index contributed by atoms with van der Waals surface area (Å²) in [4.78, 5) is 14.7. The Kier molecular flexibility index (Phi) is 5.19. The van der Waals surface area contributed by atoms with Gasteiger partial charge in [-0.1, -0.05) is 36.1 Å². The maximum Gasteiger partial charge on any atom is 0.387 e. The summed E-state index contributed by atoms with van der Waals surface area (Å²) in [5.74, 6) is 0.981. The molecule has 28 heavy (non-hydrogen) atoms. The van der Waals surface area contributed by atoms with Gasteiger partial charge in [-0.2, -0.15) is 8.78 Å². The molecule has 1 amide bonds. The third-order valence-corrected chi connectivity index (χ3v) is 5.28. The Morgan fingerprint density at radius 1 is 1.11 bits per heavy atom. The van der Waals surface area contributed by atoms with Crippen molar-refractivity contribution in [1.29, 1.82) is 0 Å². The number of anilines is 1. The highest BCUT2D eigenvalue weighted by molar-refractivity contribution is 8.27. The third kappa shape index (κ3) is 3.81. The average Bonchev–Trinajstić information content (AvgIpc) is 2.96. The van der Waals surface area contributed by atoms with Crippen LogP contribution in [0.4, 0.5) is 14.5 Å². The summed E-state index contributed by atoms with van der Waals surface area (Å²) >= 11 is 6.54. The van der Waals surface area contributed by atoms with E-state index in [0.29, 0.717) is 45.2 Å². The van der Waals surface area contributed by atoms with Crippen molar-refractivity contribution in [2.75, 3.05) is 18.1 Å². The molecule has 1 saturated heterocycles. The number of thioether (sulfide) groups is 1. The van der Waals surface area contributed by atoms with Crippen LogP contribution in [0.5, 0.6) is 17.2 Å². The number of hydrogen-bond donors (Lipinski definition) is 0. The molecule has 2 aromatic rings. The minimum Gasteiger partial charge on any atom is -0.486 e. The lowest BCUT2D eigenvalue weighted by atomic mass is 10.2. The molecule has 0 bridgehead atoms. The maximum atomic E-state index is 12.9. The van der Waals surface area contributed by atoms with Gasteiger partial charge in [0, 0.05) is 6.07 Å². The number of benzene rings is 2. The zero-order valence-corrected chi connectivity index (χ0v) is 15.9. The highest BCUT2D eigenvalue weighted by atomic mass is 32.2. The normalized spacial score (nSPS) is 17.5. The fourth-order valence-corrected chi connectivity index (χ4v) is 4.06. The van der Waals surface area contributed by atoms with E-state index >= 15 is 0 Å². The molecule has 4 rings (SSSR count). The number of hydrogen-bond acceptors (Lipinski definition) is 6. The number of nitrogens with zero attached hydrogens (tertiary/aromatic N) is 1. The number of ether oxygens (including phenoxy) is 3. The molecule has 2 aliphatic rings. The number of halogens is 2. The van der Waals surface area contributed by atoms with E-state index in [1.54, 1.807) is 36.4 Å². The first-order valence-electron chi connectivity index (χ1n) is 8.24. The SMILES string of the molecule is O=C1C(=Cc2ccc(OC(F)F)cc2)SC(=S)N1c1ccc2c(c1)OCCO2. The van der Waals surface area contributed by atoms with E-state index in [-0.39, 0.29) is 11.7 Å². The second kappa shape index (κ2) is 7.76. The van der Waals surface area contributed by atoms with Crippen molar-refractivity contribution in [3.05, 3.63) is 52.9 Å². The predicted octanol–water partition coefficient (Wildman–Crippen LogP) is 4.47. The van der Waals surface area contributed by atoms with Crippen molar-refractivity contribution in [3.63, 3.8) is 0 Å². The third-order valence-electron chi connectivity index (χ3n) is 3.98. The van der Waals surface area contributed by atoms with Crippen LogP contribution in [0.3, 0.4) is 0 Å². The number of alkyl halides is 2. The van der Waals surface area contributed by atoms with Crippen LogP contribution in [0.25, 0.3) is 6.08 Å². The van der Waals surface area contributed by atoms with Crippen LogP contribution in [-0.2, 0) is 4.79 Å². The highest BCUT2D eigenvalue weighted by Crippen LogP contribution is 2.40. The Hall–Kier alpha value is -2.65. The van der Waals surface area contributed by atoms with Gasteiger partial charge in [0.1, 0.15) is 19.0 Å². The van der Waals surface area contributed by atoms with Crippen molar-refractivity contribution in [2.45, 2.75) is 6.61 Å². The maximum absolute atomic E-state index is 12.9. The number of carbonyl (C=O) groups excluding carboxylic acids is 1. The van der Waals surface area contributed by atoms with Crippen LogP contribution < -0.4 is 19.1 Å². The fourth-order valence-electron chi connectivity index (χ4n) is 2.76. The Labute approximate surface area is 168 Å². The smallest absolute Gasteiger partial charge is 0.387 e. The van der Waals surface area contributed by atoms with Crippen LogP contribution in [0.1, 0.15) is 5.56 Å². The molecule has 0 aromatic heterocycles. The first-order valence-corrected chi connectivity index (χ1v) is 9.46. The van der Waals surface area contributed by atoms with E-state index in [2.05, 4.69) is 4.74 Å². The molecule has 0 aliphatic carbocycles. The molecule has 0 N–H and O–H groups in total. The highest BCUT2D eigenvalue weighted by Gasteiger charge is 2.34. The van der Waals surface area contributed by atoms with Crippen molar-refractivity contribution >= 4 is 46.0 Å². The van der Waals surface area contributed by atoms with Crippen molar-refractivity contribution in [2.24, 2.45) is 0 Å². The monoisotopic (exact) mass is 421 g/mol. The topological polar surface area (TPSA) is 48.0 Å². The molecule has 2 heterocycles. The molecule has 2 aliphatic heterocycles. The molecule has 0 saturated carbocycles. The summed E-state index contributed by atoms with van der Waals surface area (Å²) in [6.07, 6.45) is 1.66. The summed E-state index contributed by atoms with van der Waals surface area (Å²) in [6, 6.07) is 11.2. The molecule has 0 atom stereocenters. The summed E-state index contributed by atoms with van der Waals surface area (Å²) in [5, 5.41) is 0. The van der Waals surface area contributed by atoms with Crippen LogP contribution in [-0.4, -0.2) is 30.1 Å². The molecule has 0 unspecified atom stereocenters. The minimum absolute atomic E-state index is 0.0518. The van der Waals surface area contributed by atoms with Crippen LogP contribution in [0, 0.1) is 0 Å². The van der Waals surface area contributed by atoms with E-state index in [0.717, 1.165) is 0 Å². The molecule has 144 valence electrons. The van der Waals surface area contributed by atoms with E-state index in [1.165, 1.54) is 28.8 Å². The molecule has 5 nitrogen and oxygen atoms in total. The number of rotatable bonds is 4. The molecule has 9 heteroatoms. The lowest BCUT2D eigenvalue weighted by Gasteiger charge is -2.21. The van der Waals surface area contributed by atoms with Crippen LogP contribution in [0.2, 0.25) is 0 Å². The van der Waals surface area contributed by atoms with Crippen LogP contribution in [0.15, 0.2) is 47.4 Å². The summed E-state index contributed by atoms with van der Waals surface area (Å²) < 4.78 is 40.2. The molecular formula is C19H13F2NO4S2. The van der Waals surface area contributed by atoms with Crippen LogP contribution >= 0.6 is 24.0 Å². The first-order chi connectivity index (χ1) is 13.5. The second-order valence-corrected chi connectivity index (χ2v) is 7.47. The summed E-state index contributed by atoms with van der Waals surface area (Å²) in [7, 11) is 0. The number of amides is 1. The van der Waals surface area contributed by atoms with E-state index in [1.807, 2.05) is 0 Å². The van der Waals surface area contributed by atoms with E-state index in [4.69, 9.17) is 21.7 Å².